The Labute approximate surface area is 170 Å². The molecule has 0 saturated carbocycles. The fourth-order valence-electron chi connectivity index (χ4n) is 4.06. The van der Waals surface area contributed by atoms with Gasteiger partial charge in [-0.05, 0) is 38.5 Å². The van der Waals surface area contributed by atoms with Crippen LogP contribution >= 0.6 is 0 Å². The van der Waals surface area contributed by atoms with Crippen molar-refractivity contribution in [2.75, 3.05) is 18.6 Å². The number of fused-ring (bicyclic) bond motifs is 1. The van der Waals surface area contributed by atoms with E-state index in [0.717, 1.165) is 5.56 Å². The van der Waals surface area contributed by atoms with Crippen molar-refractivity contribution in [3.05, 3.63) is 65.7 Å². The quantitative estimate of drug-likeness (QED) is 0.551. The normalized spacial score (nSPS) is 18.3. The lowest BCUT2D eigenvalue weighted by molar-refractivity contribution is -0.165. The second-order valence-corrected chi connectivity index (χ2v) is 7.47. The van der Waals surface area contributed by atoms with E-state index < -0.39 is 28.7 Å². The summed E-state index contributed by atoms with van der Waals surface area (Å²) in [6.07, 6.45) is 0. The van der Waals surface area contributed by atoms with Crippen molar-refractivity contribution < 1.29 is 23.9 Å². The summed E-state index contributed by atoms with van der Waals surface area (Å²) >= 11 is 0. The molecule has 0 spiro atoms. The summed E-state index contributed by atoms with van der Waals surface area (Å²) in [5.74, 6) is -1.88. The molecule has 6 nitrogen and oxygen atoms in total. The Morgan fingerprint density at radius 2 is 1.66 bits per heavy atom. The second-order valence-electron chi connectivity index (χ2n) is 7.47. The fraction of sp³-hybridized carbons (Fsp3) is 0.348. The summed E-state index contributed by atoms with van der Waals surface area (Å²) in [6, 6.07) is 16.5. The third-order valence-electron chi connectivity index (χ3n) is 5.53. The molecule has 6 heteroatoms. The molecule has 1 unspecified atom stereocenters. The van der Waals surface area contributed by atoms with Gasteiger partial charge in [0.1, 0.15) is 5.41 Å². The van der Waals surface area contributed by atoms with Gasteiger partial charge in [-0.3, -0.25) is 9.59 Å². The van der Waals surface area contributed by atoms with Gasteiger partial charge in [0.05, 0.1) is 13.7 Å². The van der Waals surface area contributed by atoms with Crippen LogP contribution in [0.15, 0.2) is 54.6 Å². The van der Waals surface area contributed by atoms with Gasteiger partial charge in [-0.1, -0.05) is 42.5 Å². The number of esters is 2. The van der Waals surface area contributed by atoms with Gasteiger partial charge >= 0.3 is 11.9 Å². The maximum atomic E-state index is 13.7. The molecule has 0 bridgehead atoms. The highest BCUT2D eigenvalue weighted by atomic mass is 16.5. The highest BCUT2D eigenvalue weighted by Crippen LogP contribution is 2.50. The number of rotatable bonds is 6. The molecule has 2 aromatic rings. The predicted octanol–water partition coefficient (Wildman–Crippen LogP) is 3.39. The van der Waals surface area contributed by atoms with E-state index in [9.17, 15) is 14.4 Å². The largest absolute Gasteiger partial charge is 0.467 e. The Morgan fingerprint density at radius 1 is 1.03 bits per heavy atom. The molecular formula is C23H25NO5. The van der Waals surface area contributed by atoms with E-state index in [1.165, 1.54) is 7.11 Å². The maximum Gasteiger partial charge on any atom is 0.341 e. The van der Waals surface area contributed by atoms with Crippen LogP contribution in [0, 0.1) is 5.41 Å². The minimum absolute atomic E-state index is 0.138. The average Bonchev–Trinajstić information content (AvgIpc) is 2.98. The van der Waals surface area contributed by atoms with Crippen LogP contribution in [0.2, 0.25) is 0 Å². The third-order valence-corrected chi connectivity index (χ3v) is 5.53. The first kappa shape index (κ1) is 20.6. The molecule has 1 aliphatic heterocycles. The van der Waals surface area contributed by atoms with Crippen LogP contribution in [0.3, 0.4) is 0 Å². The molecular weight excluding hydrogens is 370 g/mol. The maximum absolute atomic E-state index is 13.7. The van der Waals surface area contributed by atoms with Crippen LogP contribution in [0.4, 0.5) is 5.69 Å². The number of para-hydroxylation sites is 1. The summed E-state index contributed by atoms with van der Waals surface area (Å²) in [5.41, 5.74) is -1.52. The van der Waals surface area contributed by atoms with Gasteiger partial charge in [-0.25, -0.2) is 4.79 Å². The zero-order valence-electron chi connectivity index (χ0n) is 17.1. The Kier molecular flexibility index (Phi) is 5.46. The van der Waals surface area contributed by atoms with Crippen LogP contribution in [-0.2, 0) is 25.6 Å². The van der Waals surface area contributed by atoms with Gasteiger partial charge in [0.25, 0.3) is 0 Å². The Bertz CT molecular complexity index is 937. The Hall–Kier alpha value is -3.15. The number of carbonyl (C=O) groups is 3. The summed E-state index contributed by atoms with van der Waals surface area (Å²) in [6.45, 7) is 5.19. The lowest BCUT2D eigenvalue weighted by atomic mass is 9.68. The molecule has 1 heterocycles. The number of hydrogen-bond acceptors (Lipinski definition) is 6. The number of hydrogen-bond donors (Lipinski definition) is 0. The van der Waals surface area contributed by atoms with E-state index in [-0.39, 0.29) is 13.2 Å². The summed E-state index contributed by atoms with van der Waals surface area (Å²) < 4.78 is 10.4. The zero-order valence-corrected chi connectivity index (χ0v) is 17.1. The highest BCUT2D eigenvalue weighted by Gasteiger charge is 2.69. The summed E-state index contributed by atoms with van der Waals surface area (Å²) in [5, 5.41) is 0. The van der Waals surface area contributed by atoms with Crippen LogP contribution in [-0.4, -0.2) is 37.0 Å². The van der Waals surface area contributed by atoms with Crippen molar-refractivity contribution in [1.82, 2.24) is 0 Å². The van der Waals surface area contributed by atoms with E-state index in [1.54, 1.807) is 49.9 Å². The number of carbonyl (C=O) groups excluding carboxylic acids is 3. The first-order chi connectivity index (χ1) is 13.8. The standard InChI is InChI=1S/C23H25NO5/c1-5-29-20(26)22(2,3)23(21(27)28-4)19(25)17-13-9-10-14-18(17)24(23)15-16-11-7-6-8-12-16/h6-14H,5,15H2,1-4H3. The molecule has 2 aromatic carbocycles. The van der Waals surface area contributed by atoms with E-state index in [2.05, 4.69) is 0 Å². The van der Waals surface area contributed by atoms with Gasteiger partial charge < -0.3 is 14.4 Å². The monoisotopic (exact) mass is 395 g/mol. The average molecular weight is 395 g/mol. The number of ether oxygens (including phenoxy) is 2. The smallest absolute Gasteiger partial charge is 0.341 e. The van der Waals surface area contributed by atoms with Crippen molar-refractivity contribution in [2.24, 2.45) is 5.41 Å². The molecule has 0 amide bonds. The molecule has 0 aromatic heterocycles. The first-order valence-electron chi connectivity index (χ1n) is 9.53. The molecule has 0 N–H and O–H groups in total. The van der Waals surface area contributed by atoms with Crippen molar-refractivity contribution in [3.8, 4) is 0 Å². The topological polar surface area (TPSA) is 72.9 Å². The fourth-order valence-corrected chi connectivity index (χ4v) is 4.06. The molecule has 0 radical (unpaired) electrons. The van der Waals surface area contributed by atoms with E-state index in [4.69, 9.17) is 9.47 Å². The number of nitrogens with zero attached hydrogens (tertiary/aromatic N) is 1. The van der Waals surface area contributed by atoms with Crippen LogP contribution in [0.5, 0.6) is 0 Å². The lowest BCUT2D eigenvalue weighted by Crippen LogP contribution is -2.68. The van der Waals surface area contributed by atoms with Crippen LogP contribution in [0.25, 0.3) is 0 Å². The second kappa shape index (κ2) is 7.70. The summed E-state index contributed by atoms with van der Waals surface area (Å²) in [4.78, 5) is 41.6. The Morgan fingerprint density at radius 3 is 2.28 bits per heavy atom. The van der Waals surface area contributed by atoms with Gasteiger partial charge in [-0.15, -0.1) is 0 Å². The van der Waals surface area contributed by atoms with Crippen molar-refractivity contribution in [3.63, 3.8) is 0 Å². The number of methoxy groups -OCH3 is 1. The molecule has 0 fully saturated rings. The van der Waals surface area contributed by atoms with Gasteiger partial charge in [-0.2, -0.15) is 0 Å². The SMILES string of the molecule is CCOC(=O)C(C)(C)C1(C(=O)OC)C(=O)c2ccccc2N1Cc1ccccc1. The third kappa shape index (κ3) is 2.99. The van der Waals surface area contributed by atoms with Crippen LogP contribution in [0.1, 0.15) is 36.7 Å². The van der Waals surface area contributed by atoms with E-state index in [1.807, 2.05) is 30.3 Å². The van der Waals surface area contributed by atoms with Crippen molar-refractivity contribution in [1.29, 1.82) is 0 Å². The number of benzene rings is 2. The first-order valence-corrected chi connectivity index (χ1v) is 9.53. The molecule has 1 aliphatic rings. The minimum atomic E-state index is -1.88. The predicted molar refractivity (Wildman–Crippen MR) is 109 cm³/mol. The molecule has 1 atom stereocenters. The number of Topliss-reactive ketones (excluding diaryl/α,β-unsaturated/α-hetero) is 1. The lowest BCUT2D eigenvalue weighted by Gasteiger charge is -2.45. The molecule has 29 heavy (non-hydrogen) atoms. The van der Waals surface area contributed by atoms with Gasteiger partial charge in [0.15, 0.2) is 0 Å². The minimum Gasteiger partial charge on any atom is -0.467 e. The van der Waals surface area contributed by atoms with E-state index in [0.29, 0.717) is 11.3 Å². The van der Waals surface area contributed by atoms with Gasteiger partial charge in [0.2, 0.25) is 11.3 Å². The van der Waals surface area contributed by atoms with Gasteiger partial charge in [0, 0.05) is 17.8 Å². The molecule has 3 rings (SSSR count). The Balaban J connectivity index is 2.27. The molecule has 152 valence electrons. The van der Waals surface area contributed by atoms with Crippen molar-refractivity contribution in [2.45, 2.75) is 32.9 Å². The zero-order chi connectivity index (χ0) is 21.2. The number of anilines is 1. The number of ketones is 1. The van der Waals surface area contributed by atoms with E-state index >= 15 is 0 Å². The molecule has 0 saturated heterocycles. The molecule has 0 aliphatic carbocycles. The highest BCUT2D eigenvalue weighted by molar-refractivity contribution is 6.27. The van der Waals surface area contributed by atoms with Crippen LogP contribution < -0.4 is 4.90 Å². The van der Waals surface area contributed by atoms with Crippen molar-refractivity contribution >= 4 is 23.4 Å². The summed E-state index contributed by atoms with van der Waals surface area (Å²) in [7, 11) is 1.22.